The van der Waals surface area contributed by atoms with Gasteiger partial charge in [0.1, 0.15) is 11.4 Å². The SMILES string of the molecule is COCCCN1CC(=O)N[C@H]2CN(C(=O)c3c(C)nc4ncccn34)CC[C@H]2OCc2cccc(c2)Oc2cc(ccc2OC)C1. The summed E-state index contributed by atoms with van der Waals surface area (Å²) in [7, 11) is 3.29. The van der Waals surface area contributed by atoms with Gasteiger partial charge in [0.25, 0.3) is 5.91 Å². The summed E-state index contributed by atoms with van der Waals surface area (Å²) in [6, 6.07) is 14.9. The van der Waals surface area contributed by atoms with Crippen molar-refractivity contribution in [1.29, 1.82) is 0 Å². The first-order valence-corrected chi connectivity index (χ1v) is 15.6. The molecule has 0 radical (unpaired) electrons. The number of imidazole rings is 1. The van der Waals surface area contributed by atoms with Crippen LogP contribution in [0.2, 0.25) is 0 Å². The molecule has 0 unspecified atom stereocenters. The minimum atomic E-state index is -0.413. The van der Waals surface area contributed by atoms with Crippen LogP contribution in [0.25, 0.3) is 5.78 Å². The van der Waals surface area contributed by atoms with Gasteiger partial charge in [-0.3, -0.25) is 18.9 Å². The summed E-state index contributed by atoms with van der Waals surface area (Å²) in [5, 5.41) is 3.22. The minimum absolute atomic E-state index is 0.139. The van der Waals surface area contributed by atoms with Crippen molar-refractivity contribution in [2.24, 2.45) is 0 Å². The Labute approximate surface area is 268 Å². The number of fused-ring (bicyclic) bond motifs is 6. The fraction of sp³-hybridized carbons (Fsp3) is 0.412. The van der Waals surface area contributed by atoms with Crippen molar-refractivity contribution in [3.63, 3.8) is 0 Å². The Morgan fingerprint density at radius 3 is 2.85 bits per heavy atom. The number of aryl methyl sites for hydroxylation is 1. The van der Waals surface area contributed by atoms with Crippen molar-refractivity contribution in [3.8, 4) is 17.2 Å². The summed E-state index contributed by atoms with van der Waals surface area (Å²) >= 11 is 0. The van der Waals surface area contributed by atoms with Crippen molar-refractivity contribution in [2.45, 2.75) is 45.1 Å². The van der Waals surface area contributed by atoms with Crippen LogP contribution >= 0.6 is 0 Å². The first-order valence-electron chi connectivity index (χ1n) is 15.6. The number of amides is 2. The second-order valence-electron chi connectivity index (χ2n) is 11.7. The van der Waals surface area contributed by atoms with E-state index in [2.05, 4.69) is 20.2 Å². The average molecular weight is 629 g/mol. The number of nitrogens with one attached hydrogen (secondary N) is 1. The highest BCUT2D eigenvalue weighted by Gasteiger charge is 2.35. The molecule has 2 atom stereocenters. The first-order chi connectivity index (χ1) is 22.4. The summed E-state index contributed by atoms with van der Waals surface area (Å²) in [5.74, 6) is 2.07. The molecule has 0 saturated carbocycles. The topological polar surface area (TPSA) is 120 Å². The maximum atomic E-state index is 13.9. The molecule has 0 spiro atoms. The summed E-state index contributed by atoms with van der Waals surface area (Å²) in [4.78, 5) is 40.2. The Hall–Kier alpha value is -4.52. The van der Waals surface area contributed by atoms with Gasteiger partial charge in [-0.15, -0.1) is 0 Å². The molecule has 2 aromatic heterocycles. The van der Waals surface area contributed by atoms with Gasteiger partial charge >= 0.3 is 0 Å². The Balaban J connectivity index is 1.28. The molecular formula is C34H40N6O6. The molecule has 6 rings (SSSR count). The third-order valence-corrected chi connectivity index (χ3v) is 8.38. The van der Waals surface area contributed by atoms with E-state index in [1.807, 2.05) is 49.4 Å². The van der Waals surface area contributed by atoms with E-state index >= 15 is 0 Å². The molecule has 0 aliphatic carbocycles. The number of hydrogen-bond acceptors (Lipinski definition) is 9. The molecule has 2 aliphatic heterocycles. The third-order valence-electron chi connectivity index (χ3n) is 8.38. The van der Waals surface area contributed by atoms with Crippen molar-refractivity contribution >= 4 is 17.6 Å². The Morgan fingerprint density at radius 1 is 1.11 bits per heavy atom. The first kappa shape index (κ1) is 31.5. The van der Waals surface area contributed by atoms with Gasteiger partial charge in [-0.05, 0) is 61.2 Å². The molecule has 1 N–H and O–H groups in total. The number of carbonyl (C=O) groups is 2. The smallest absolute Gasteiger partial charge is 0.272 e. The third kappa shape index (κ3) is 7.14. The minimum Gasteiger partial charge on any atom is -0.493 e. The van der Waals surface area contributed by atoms with Gasteiger partial charge in [-0.1, -0.05) is 18.2 Å². The monoisotopic (exact) mass is 628 g/mol. The lowest BCUT2D eigenvalue weighted by Crippen LogP contribution is -2.58. The second-order valence-corrected chi connectivity index (χ2v) is 11.7. The highest BCUT2D eigenvalue weighted by molar-refractivity contribution is 5.94. The fourth-order valence-electron chi connectivity index (χ4n) is 6.15. The highest BCUT2D eigenvalue weighted by atomic mass is 16.5. The normalized spacial score (nSPS) is 19.3. The number of benzene rings is 2. The molecule has 2 amide bonds. The van der Waals surface area contributed by atoms with Crippen LogP contribution in [0.15, 0.2) is 60.9 Å². The van der Waals surface area contributed by atoms with Gasteiger partial charge in [0.05, 0.1) is 38.1 Å². The van der Waals surface area contributed by atoms with Gasteiger partial charge in [0, 0.05) is 52.3 Å². The van der Waals surface area contributed by atoms with Crippen molar-refractivity contribution in [1.82, 2.24) is 29.5 Å². The van der Waals surface area contributed by atoms with Crippen molar-refractivity contribution in [2.75, 3.05) is 47.0 Å². The predicted octanol–water partition coefficient (Wildman–Crippen LogP) is 3.61. The molecule has 4 bridgehead atoms. The number of nitrogens with zero attached hydrogens (tertiary/aromatic N) is 5. The summed E-state index contributed by atoms with van der Waals surface area (Å²) in [5.41, 5.74) is 3.00. The Bertz CT molecular complexity index is 1690. The second kappa shape index (κ2) is 14.3. The van der Waals surface area contributed by atoms with Crippen LogP contribution in [0.4, 0.5) is 0 Å². The highest BCUT2D eigenvalue weighted by Crippen LogP contribution is 2.33. The van der Waals surface area contributed by atoms with Gasteiger partial charge in [-0.25, -0.2) is 9.97 Å². The maximum absolute atomic E-state index is 13.9. The molecule has 4 aromatic rings. The van der Waals surface area contributed by atoms with E-state index in [4.69, 9.17) is 18.9 Å². The van der Waals surface area contributed by atoms with Crippen LogP contribution in [0.5, 0.6) is 17.2 Å². The van der Waals surface area contributed by atoms with E-state index in [1.54, 1.807) is 42.0 Å². The molecule has 4 heterocycles. The van der Waals surface area contributed by atoms with Crippen molar-refractivity contribution < 1.29 is 28.5 Å². The van der Waals surface area contributed by atoms with E-state index in [0.717, 1.165) is 17.5 Å². The number of ether oxygens (including phenoxy) is 4. The maximum Gasteiger partial charge on any atom is 0.272 e. The van der Waals surface area contributed by atoms with Crippen molar-refractivity contribution in [3.05, 3.63) is 83.4 Å². The number of hydrogen-bond donors (Lipinski definition) is 1. The van der Waals surface area contributed by atoms with Crippen LogP contribution in [-0.4, -0.2) is 95.1 Å². The molecule has 12 heteroatoms. The summed E-state index contributed by atoms with van der Waals surface area (Å²) in [6.45, 7) is 4.84. The molecule has 1 fully saturated rings. The molecular weight excluding hydrogens is 588 g/mol. The standard InChI is InChI=1S/C34H40N6O6/c1-23-32(40-14-5-12-35-34(40)36-23)33(42)39-15-11-28-27(20-39)37-31(41)21-38(13-6-16-43-2)19-24-9-10-29(44-3)30(18-24)46-26-8-4-7-25(17-26)22-45-28/h4-5,7-10,12,14,17-18,27-28H,6,11,13,15-16,19-22H2,1-3H3,(H,37,41)/t27-,28+/m0/s1. The lowest BCUT2D eigenvalue weighted by Gasteiger charge is -2.39. The van der Waals surface area contributed by atoms with E-state index in [9.17, 15) is 9.59 Å². The van der Waals surface area contributed by atoms with Crippen LogP contribution < -0.4 is 14.8 Å². The van der Waals surface area contributed by atoms with Crippen LogP contribution in [-0.2, 0) is 27.4 Å². The Kier molecular flexibility index (Phi) is 9.76. The largest absolute Gasteiger partial charge is 0.493 e. The zero-order chi connectivity index (χ0) is 32.0. The van der Waals surface area contributed by atoms with Crippen LogP contribution in [0.1, 0.15) is 40.2 Å². The van der Waals surface area contributed by atoms with E-state index in [-0.39, 0.29) is 24.5 Å². The number of rotatable bonds is 6. The quantitative estimate of drug-likeness (QED) is 0.320. The molecule has 12 nitrogen and oxygen atoms in total. The number of aromatic nitrogens is 3. The molecule has 242 valence electrons. The van der Waals surface area contributed by atoms with Gasteiger partial charge < -0.3 is 29.2 Å². The zero-order valence-corrected chi connectivity index (χ0v) is 26.5. The van der Waals surface area contributed by atoms with Gasteiger partial charge in [-0.2, -0.15) is 0 Å². The number of carbonyl (C=O) groups excluding carboxylic acids is 2. The van der Waals surface area contributed by atoms with Gasteiger partial charge in [0.2, 0.25) is 11.7 Å². The fourth-order valence-corrected chi connectivity index (χ4v) is 6.15. The molecule has 1 saturated heterocycles. The van der Waals surface area contributed by atoms with E-state index in [1.165, 1.54) is 0 Å². The summed E-state index contributed by atoms with van der Waals surface area (Å²) in [6.07, 6.45) is 4.47. The van der Waals surface area contributed by atoms with Crippen LogP contribution in [0, 0.1) is 6.92 Å². The summed E-state index contributed by atoms with van der Waals surface area (Å²) < 4.78 is 25.3. The van der Waals surface area contributed by atoms with Gasteiger partial charge in [0.15, 0.2) is 11.5 Å². The zero-order valence-electron chi connectivity index (χ0n) is 26.5. The van der Waals surface area contributed by atoms with E-state index in [0.29, 0.717) is 80.2 Å². The lowest BCUT2D eigenvalue weighted by atomic mass is 10.0. The van der Waals surface area contributed by atoms with E-state index < -0.39 is 6.04 Å². The molecule has 46 heavy (non-hydrogen) atoms. The average Bonchev–Trinajstić information content (AvgIpc) is 3.39. The number of piperidine rings is 1. The molecule has 2 aromatic carbocycles. The van der Waals surface area contributed by atoms with Crippen LogP contribution in [0.3, 0.4) is 0 Å². The molecule has 2 aliphatic rings. The lowest BCUT2D eigenvalue weighted by molar-refractivity contribution is -0.125. The predicted molar refractivity (Wildman–Crippen MR) is 170 cm³/mol. The Morgan fingerprint density at radius 2 is 2.00 bits per heavy atom. The number of likely N-dealkylation sites (tertiary alicyclic amines) is 1. The number of methoxy groups -OCH3 is 2.